The molecule has 2 heterocycles. The Bertz CT molecular complexity index is 1360. The Balaban J connectivity index is 1.19. The number of methoxy groups -OCH3 is 1. The van der Waals surface area contributed by atoms with Crippen molar-refractivity contribution in [3.05, 3.63) is 75.9 Å². The van der Waals surface area contributed by atoms with E-state index >= 15 is 0 Å². The standard InChI is InChI=1S/C27H27ClN2O4/c1-32-23-8-3-2-7-22(23)30-15-13-29(14-16-30)12-5-17-33-24-9-4-6-21-26(31)20-11-10-19(28)18-25(20)34-27(21)24/h2-4,6-11,18H,5,12-17H2,1H3. The zero-order chi connectivity index (χ0) is 23.5. The van der Waals surface area contributed by atoms with Gasteiger partial charge >= 0.3 is 0 Å². The normalized spacial score (nSPS) is 14.6. The number of rotatable bonds is 7. The minimum absolute atomic E-state index is 0.0775. The van der Waals surface area contributed by atoms with Crippen molar-refractivity contribution in [2.45, 2.75) is 6.42 Å². The van der Waals surface area contributed by atoms with Gasteiger partial charge in [0.2, 0.25) is 5.43 Å². The molecule has 0 atom stereocenters. The first kappa shape index (κ1) is 22.6. The Hall–Kier alpha value is -3.22. The van der Waals surface area contributed by atoms with Crippen molar-refractivity contribution in [1.82, 2.24) is 4.90 Å². The number of fused-ring (bicyclic) bond motifs is 2. The molecule has 0 bridgehead atoms. The number of halogens is 1. The number of hydrogen-bond donors (Lipinski definition) is 0. The zero-order valence-electron chi connectivity index (χ0n) is 19.1. The molecule has 3 aromatic carbocycles. The van der Waals surface area contributed by atoms with E-state index in [1.54, 1.807) is 31.4 Å². The highest BCUT2D eigenvalue weighted by Crippen LogP contribution is 2.29. The lowest BCUT2D eigenvalue weighted by atomic mass is 10.1. The van der Waals surface area contributed by atoms with Crippen LogP contribution in [0, 0.1) is 0 Å². The number of hydrogen-bond acceptors (Lipinski definition) is 6. The van der Waals surface area contributed by atoms with Crippen LogP contribution in [0.2, 0.25) is 5.02 Å². The fraction of sp³-hybridized carbons (Fsp3) is 0.296. The van der Waals surface area contributed by atoms with E-state index in [4.69, 9.17) is 25.5 Å². The van der Waals surface area contributed by atoms with Crippen LogP contribution in [-0.2, 0) is 0 Å². The van der Waals surface area contributed by atoms with Crippen LogP contribution in [0.1, 0.15) is 6.42 Å². The number of piperazine rings is 1. The number of para-hydroxylation sites is 3. The molecule has 0 aliphatic carbocycles. The number of ether oxygens (including phenoxy) is 2. The number of anilines is 1. The summed E-state index contributed by atoms with van der Waals surface area (Å²) >= 11 is 6.09. The molecule has 1 aliphatic rings. The van der Waals surface area contributed by atoms with Crippen LogP contribution in [0.3, 0.4) is 0 Å². The Kier molecular flexibility index (Phi) is 6.61. The summed E-state index contributed by atoms with van der Waals surface area (Å²) < 4.78 is 17.6. The van der Waals surface area contributed by atoms with E-state index in [1.807, 2.05) is 30.3 Å². The third-order valence-electron chi connectivity index (χ3n) is 6.30. The molecule has 5 rings (SSSR count). The molecule has 0 unspecified atom stereocenters. The van der Waals surface area contributed by atoms with E-state index in [0.29, 0.717) is 39.3 Å². The molecule has 1 aromatic heterocycles. The molecule has 0 N–H and O–H groups in total. The molecule has 0 spiro atoms. The molecular formula is C27H27ClN2O4. The highest BCUT2D eigenvalue weighted by atomic mass is 35.5. The van der Waals surface area contributed by atoms with Crippen LogP contribution < -0.4 is 19.8 Å². The average molecular weight is 479 g/mol. The highest BCUT2D eigenvalue weighted by Gasteiger charge is 2.19. The number of nitrogens with zero attached hydrogens (tertiary/aromatic N) is 2. The van der Waals surface area contributed by atoms with Gasteiger partial charge in [-0.1, -0.05) is 29.8 Å². The lowest BCUT2D eigenvalue weighted by molar-refractivity contribution is 0.224. The van der Waals surface area contributed by atoms with Crippen LogP contribution in [0.25, 0.3) is 21.9 Å². The van der Waals surface area contributed by atoms with Crippen LogP contribution in [0.4, 0.5) is 5.69 Å². The minimum Gasteiger partial charge on any atom is -0.495 e. The maximum Gasteiger partial charge on any atom is 0.200 e. The zero-order valence-corrected chi connectivity index (χ0v) is 19.9. The van der Waals surface area contributed by atoms with Gasteiger partial charge in [-0.15, -0.1) is 0 Å². The van der Waals surface area contributed by atoms with Gasteiger partial charge < -0.3 is 18.8 Å². The van der Waals surface area contributed by atoms with Gasteiger partial charge in [0.15, 0.2) is 11.3 Å². The number of benzene rings is 3. The predicted molar refractivity (Wildman–Crippen MR) is 137 cm³/mol. The van der Waals surface area contributed by atoms with Crippen molar-refractivity contribution in [3.8, 4) is 11.5 Å². The summed E-state index contributed by atoms with van der Waals surface area (Å²) in [7, 11) is 1.72. The van der Waals surface area contributed by atoms with Crippen molar-refractivity contribution in [1.29, 1.82) is 0 Å². The lowest BCUT2D eigenvalue weighted by Gasteiger charge is -2.36. The van der Waals surface area contributed by atoms with Crippen LogP contribution in [-0.4, -0.2) is 51.3 Å². The first-order valence-electron chi connectivity index (χ1n) is 11.5. The fourth-order valence-electron chi connectivity index (χ4n) is 4.51. The summed E-state index contributed by atoms with van der Waals surface area (Å²) in [4.78, 5) is 17.7. The third kappa shape index (κ3) is 4.56. The quantitative estimate of drug-likeness (QED) is 0.269. The summed E-state index contributed by atoms with van der Waals surface area (Å²) in [6.45, 7) is 5.41. The van der Waals surface area contributed by atoms with Crippen molar-refractivity contribution in [3.63, 3.8) is 0 Å². The van der Waals surface area contributed by atoms with E-state index in [-0.39, 0.29) is 5.43 Å². The van der Waals surface area contributed by atoms with Gasteiger partial charge in [-0.05, 0) is 42.8 Å². The van der Waals surface area contributed by atoms with E-state index in [2.05, 4.69) is 15.9 Å². The Morgan fingerprint density at radius 1 is 0.941 bits per heavy atom. The van der Waals surface area contributed by atoms with Crippen molar-refractivity contribution >= 4 is 39.2 Å². The molecule has 0 amide bonds. The molecule has 176 valence electrons. The highest BCUT2D eigenvalue weighted by molar-refractivity contribution is 6.31. The molecule has 0 radical (unpaired) electrons. The smallest absolute Gasteiger partial charge is 0.200 e. The van der Waals surface area contributed by atoms with E-state index in [1.165, 1.54) is 0 Å². The Morgan fingerprint density at radius 2 is 1.74 bits per heavy atom. The minimum atomic E-state index is -0.0775. The van der Waals surface area contributed by atoms with Gasteiger partial charge in [-0.3, -0.25) is 9.69 Å². The molecule has 1 saturated heterocycles. The summed E-state index contributed by atoms with van der Waals surface area (Å²) in [5, 5.41) is 1.56. The van der Waals surface area contributed by atoms with E-state index < -0.39 is 0 Å². The Morgan fingerprint density at radius 3 is 2.56 bits per heavy atom. The molecule has 1 aliphatic heterocycles. The fourth-order valence-corrected chi connectivity index (χ4v) is 4.67. The maximum absolute atomic E-state index is 12.9. The first-order chi connectivity index (χ1) is 16.6. The predicted octanol–water partition coefficient (Wildman–Crippen LogP) is 5.20. The summed E-state index contributed by atoms with van der Waals surface area (Å²) in [6, 6.07) is 18.7. The van der Waals surface area contributed by atoms with Gasteiger partial charge in [0.05, 0.1) is 30.2 Å². The van der Waals surface area contributed by atoms with E-state index in [0.717, 1.165) is 50.6 Å². The van der Waals surface area contributed by atoms with Gasteiger partial charge in [-0.2, -0.15) is 0 Å². The van der Waals surface area contributed by atoms with Crippen LogP contribution in [0.5, 0.6) is 11.5 Å². The largest absolute Gasteiger partial charge is 0.495 e. The van der Waals surface area contributed by atoms with Gasteiger partial charge in [-0.25, -0.2) is 0 Å². The maximum atomic E-state index is 12.9. The van der Waals surface area contributed by atoms with Crippen molar-refractivity contribution in [2.24, 2.45) is 0 Å². The topological polar surface area (TPSA) is 55.2 Å². The van der Waals surface area contributed by atoms with Crippen molar-refractivity contribution < 1.29 is 13.9 Å². The molecule has 6 nitrogen and oxygen atoms in total. The second-order valence-corrected chi connectivity index (χ2v) is 8.84. The van der Waals surface area contributed by atoms with E-state index in [9.17, 15) is 4.79 Å². The average Bonchev–Trinajstić information content (AvgIpc) is 2.87. The van der Waals surface area contributed by atoms with Gasteiger partial charge in [0, 0.05) is 43.8 Å². The molecule has 0 saturated carbocycles. The molecule has 1 fully saturated rings. The summed E-state index contributed by atoms with van der Waals surface area (Å²) in [5.41, 5.74) is 2.01. The van der Waals surface area contributed by atoms with Crippen LogP contribution >= 0.6 is 11.6 Å². The summed E-state index contributed by atoms with van der Waals surface area (Å²) in [5.74, 6) is 1.50. The molecule has 34 heavy (non-hydrogen) atoms. The molecule has 7 heteroatoms. The van der Waals surface area contributed by atoms with Crippen molar-refractivity contribution in [2.75, 3.05) is 51.3 Å². The molecular weight excluding hydrogens is 452 g/mol. The lowest BCUT2D eigenvalue weighted by Crippen LogP contribution is -2.46. The SMILES string of the molecule is COc1ccccc1N1CCN(CCCOc2cccc3c(=O)c4ccc(Cl)cc4oc23)CC1. The third-order valence-corrected chi connectivity index (χ3v) is 6.53. The summed E-state index contributed by atoms with van der Waals surface area (Å²) in [6.07, 6.45) is 0.884. The molecule has 4 aromatic rings. The monoisotopic (exact) mass is 478 g/mol. The van der Waals surface area contributed by atoms with Crippen LogP contribution in [0.15, 0.2) is 69.9 Å². The first-order valence-corrected chi connectivity index (χ1v) is 11.9. The second-order valence-electron chi connectivity index (χ2n) is 8.41. The van der Waals surface area contributed by atoms with Gasteiger partial charge in [0.1, 0.15) is 11.3 Å². The Labute approximate surface area is 203 Å². The van der Waals surface area contributed by atoms with Gasteiger partial charge in [0.25, 0.3) is 0 Å². The second kappa shape index (κ2) is 9.95.